The number of amides is 1. The Morgan fingerprint density at radius 3 is 2.93 bits per heavy atom. The second kappa shape index (κ2) is 5.06. The molecular formula is C9H12N4O. The lowest BCUT2D eigenvalue weighted by Crippen LogP contribution is -2.18. The largest absolute Gasteiger partial charge is 0.273 e. The summed E-state index contributed by atoms with van der Waals surface area (Å²) < 4.78 is 0. The standard InChI is InChI=1S/C9H12N4O/c1-3-9(14)13-12-7(2)8-6-10-4-5-11-8/h4-6H,3H2,1-2H3,(H,13,14)/b12-7+. The van der Waals surface area contributed by atoms with Crippen LogP contribution in [0.1, 0.15) is 26.0 Å². The third-order valence-corrected chi connectivity index (χ3v) is 1.60. The summed E-state index contributed by atoms with van der Waals surface area (Å²) >= 11 is 0. The van der Waals surface area contributed by atoms with Crippen LogP contribution in [-0.2, 0) is 4.79 Å². The molecule has 0 aliphatic heterocycles. The van der Waals surface area contributed by atoms with Gasteiger partial charge in [-0.1, -0.05) is 6.92 Å². The van der Waals surface area contributed by atoms with Crippen molar-refractivity contribution in [2.75, 3.05) is 0 Å². The SMILES string of the molecule is CCC(=O)N/N=C(\C)c1cnccn1. The molecule has 0 saturated carbocycles. The molecule has 0 unspecified atom stereocenters. The topological polar surface area (TPSA) is 67.2 Å². The number of carbonyl (C=O) groups is 1. The van der Waals surface area contributed by atoms with Gasteiger partial charge in [0.1, 0.15) is 5.69 Å². The number of rotatable bonds is 3. The van der Waals surface area contributed by atoms with Crippen LogP contribution >= 0.6 is 0 Å². The highest BCUT2D eigenvalue weighted by atomic mass is 16.2. The maximum absolute atomic E-state index is 10.9. The average molecular weight is 192 g/mol. The molecule has 1 aromatic heterocycles. The second-order valence-corrected chi connectivity index (χ2v) is 2.68. The third-order valence-electron chi connectivity index (χ3n) is 1.60. The summed E-state index contributed by atoms with van der Waals surface area (Å²) in [5.74, 6) is -0.117. The van der Waals surface area contributed by atoms with E-state index in [1.807, 2.05) is 0 Å². The molecule has 0 aliphatic carbocycles. The van der Waals surface area contributed by atoms with E-state index in [4.69, 9.17) is 0 Å². The Bertz CT molecular complexity index is 334. The molecule has 0 aliphatic rings. The predicted octanol–water partition coefficient (Wildman–Crippen LogP) is 0.727. The van der Waals surface area contributed by atoms with Gasteiger partial charge in [-0.25, -0.2) is 5.43 Å². The molecule has 1 amide bonds. The van der Waals surface area contributed by atoms with Gasteiger partial charge in [0.15, 0.2) is 0 Å². The molecule has 5 nitrogen and oxygen atoms in total. The van der Waals surface area contributed by atoms with Gasteiger partial charge in [-0.15, -0.1) is 0 Å². The van der Waals surface area contributed by atoms with Crippen LogP contribution in [0.25, 0.3) is 0 Å². The van der Waals surface area contributed by atoms with Gasteiger partial charge in [-0.3, -0.25) is 14.8 Å². The van der Waals surface area contributed by atoms with Crippen molar-refractivity contribution in [2.45, 2.75) is 20.3 Å². The van der Waals surface area contributed by atoms with E-state index < -0.39 is 0 Å². The molecule has 0 spiro atoms. The zero-order chi connectivity index (χ0) is 10.4. The summed E-state index contributed by atoms with van der Waals surface area (Å²) in [7, 11) is 0. The highest BCUT2D eigenvalue weighted by Crippen LogP contribution is 1.92. The first-order valence-corrected chi connectivity index (χ1v) is 4.33. The molecule has 0 fully saturated rings. The molecule has 14 heavy (non-hydrogen) atoms. The summed E-state index contributed by atoms with van der Waals surface area (Å²) in [4.78, 5) is 18.8. The first-order chi connectivity index (χ1) is 6.74. The minimum absolute atomic E-state index is 0.117. The lowest BCUT2D eigenvalue weighted by Gasteiger charge is -1.99. The van der Waals surface area contributed by atoms with Crippen molar-refractivity contribution in [3.8, 4) is 0 Å². The predicted molar refractivity (Wildman–Crippen MR) is 52.7 cm³/mol. The zero-order valence-electron chi connectivity index (χ0n) is 8.19. The molecule has 5 heteroatoms. The van der Waals surface area contributed by atoms with E-state index in [-0.39, 0.29) is 5.91 Å². The Morgan fingerprint density at radius 1 is 1.57 bits per heavy atom. The Hall–Kier alpha value is -1.78. The molecule has 1 rings (SSSR count). The minimum Gasteiger partial charge on any atom is -0.273 e. The van der Waals surface area contributed by atoms with Gasteiger partial charge in [0.2, 0.25) is 5.91 Å². The van der Waals surface area contributed by atoms with Gasteiger partial charge in [0, 0.05) is 18.8 Å². The van der Waals surface area contributed by atoms with Crippen LogP contribution in [0.15, 0.2) is 23.7 Å². The quantitative estimate of drug-likeness (QED) is 0.567. The van der Waals surface area contributed by atoms with Gasteiger partial charge in [-0.2, -0.15) is 5.10 Å². The van der Waals surface area contributed by atoms with Crippen molar-refractivity contribution >= 4 is 11.6 Å². The van der Waals surface area contributed by atoms with Crippen LogP contribution in [0.4, 0.5) is 0 Å². The van der Waals surface area contributed by atoms with Crippen molar-refractivity contribution in [3.05, 3.63) is 24.3 Å². The molecular weight excluding hydrogens is 180 g/mol. The van der Waals surface area contributed by atoms with Crippen LogP contribution in [-0.4, -0.2) is 21.6 Å². The van der Waals surface area contributed by atoms with E-state index in [2.05, 4.69) is 20.5 Å². The number of hydrazone groups is 1. The fourth-order valence-electron chi connectivity index (χ4n) is 0.768. The van der Waals surface area contributed by atoms with Gasteiger partial charge in [-0.05, 0) is 6.92 Å². The van der Waals surface area contributed by atoms with E-state index >= 15 is 0 Å². The van der Waals surface area contributed by atoms with Gasteiger partial charge >= 0.3 is 0 Å². The molecule has 0 atom stereocenters. The monoisotopic (exact) mass is 192 g/mol. The second-order valence-electron chi connectivity index (χ2n) is 2.68. The van der Waals surface area contributed by atoms with Crippen molar-refractivity contribution < 1.29 is 4.79 Å². The molecule has 0 aromatic carbocycles. The lowest BCUT2D eigenvalue weighted by atomic mass is 10.3. The van der Waals surface area contributed by atoms with E-state index in [9.17, 15) is 4.79 Å². The molecule has 1 aromatic rings. The fraction of sp³-hybridized carbons (Fsp3) is 0.333. The number of aromatic nitrogens is 2. The number of nitrogens with zero attached hydrogens (tertiary/aromatic N) is 3. The van der Waals surface area contributed by atoms with E-state index in [1.165, 1.54) is 0 Å². The zero-order valence-corrected chi connectivity index (χ0v) is 8.19. The van der Waals surface area contributed by atoms with E-state index in [0.29, 0.717) is 17.8 Å². The average Bonchev–Trinajstić information content (AvgIpc) is 2.26. The Labute approximate surface area is 82.3 Å². The highest BCUT2D eigenvalue weighted by Gasteiger charge is 1.99. The normalized spacial score (nSPS) is 11.1. The lowest BCUT2D eigenvalue weighted by molar-refractivity contribution is -0.120. The minimum atomic E-state index is -0.117. The van der Waals surface area contributed by atoms with Crippen LogP contribution in [0, 0.1) is 0 Å². The van der Waals surface area contributed by atoms with Crippen molar-refractivity contribution in [1.29, 1.82) is 0 Å². The number of hydrogen-bond donors (Lipinski definition) is 1. The molecule has 1 N–H and O–H groups in total. The molecule has 1 heterocycles. The van der Waals surface area contributed by atoms with Gasteiger partial charge in [0.05, 0.1) is 11.9 Å². The van der Waals surface area contributed by atoms with Crippen LogP contribution < -0.4 is 5.43 Å². The van der Waals surface area contributed by atoms with Crippen LogP contribution in [0.3, 0.4) is 0 Å². The summed E-state index contributed by atoms with van der Waals surface area (Å²) in [6.07, 6.45) is 5.17. The van der Waals surface area contributed by atoms with Crippen molar-refractivity contribution in [1.82, 2.24) is 15.4 Å². The maximum atomic E-state index is 10.9. The first-order valence-electron chi connectivity index (χ1n) is 4.33. The smallest absolute Gasteiger partial charge is 0.239 e. The Morgan fingerprint density at radius 2 is 2.36 bits per heavy atom. The molecule has 0 saturated heterocycles. The number of hydrogen-bond acceptors (Lipinski definition) is 4. The third kappa shape index (κ3) is 2.93. The number of nitrogens with one attached hydrogen (secondary N) is 1. The first kappa shape index (κ1) is 10.3. The summed E-state index contributed by atoms with van der Waals surface area (Å²) in [5.41, 5.74) is 3.71. The van der Waals surface area contributed by atoms with Gasteiger partial charge in [0.25, 0.3) is 0 Å². The van der Waals surface area contributed by atoms with Crippen LogP contribution in [0.2, 0.25) is 0 Å². The van der Waals surface area contributed by atoms with Crippen LogP contribution in [0.5, 0.6) is 0 Å². The highest BCUT2D eigenvalue weighted by molar-refractivity contribution is 5.97. The fourth-order valence-corrected chi connectivity index (χ4v) is 0.768. The summed E-state index contributed by atoms with van der Waals surface area (Å²) in [5, 5.41) is 3.88. The molecule has 74 valence electrons. The van der Waals surface area contributed by atoms with Crippen molar-refractivity contribution in [2.24, 2.45) is 5.10 Å². The van der Waals surface area contributed by atoms with Gasteiger partial charge < -0.3 is 0 Å². The van der Waals surface area contributed by atoms with Crippen molar-refractivity contribution in [3.63, 3.8) is 0 Å². The molecule has 0 bridgehead atoms. The molecule has 0 radical (unpaired) electrons. The maximum Gasteiger partial charge on any atom is 0.239 e. The Balaban J connectivity index is 2.66. The van der Waals surface area contributed by atoms with E-state index in [1.54, 1.807) is 32.4 Å². The summed E-state index contributed by atoms with van der Waals surface area (Å²) in [6.45, 7) is 3.53. The van der Waals surface area contributed by atoms with E-state index in [0.717, 1.165) is 0 Å². The Kier molecular flexibility index (Phi) is 3.72. The number of carbonyl (C=O) groups excluding carboxylic acids is 1. The summed E-state index contributed by atoms with van der Waals surface area (Å²) in [6, 6.07) is 0.